The predicted molar refractivity (Wildman–Crippen MR) is 72.6 cm³/mol. The third kappa shape index (κ3) is 3.02. The molecule has 1 aromatic carbocycles. The lowest BCUT2D eigenvalue weighted by molar-refractivity contribution is -0.384. The maximum absolute atomic E-state index is 11.1. The molecule has 1 heterocycles. The molecule has 0 unspecified atom stereocenters. The van der Waals surface area contributed by atoms with Crippen LogP contribution < -0.4 is 10.1 Å². The molecule has 106 valence electrons. The lowest BCUT2D eigenvalue weighted by Gasteiger charge is -2.09. The third-order valence-electron chi connectivity index (χ3n) is 2.75. The number of hydrogen-bond acceptors (Lipinski definition) is 6. The second-order valence-corrected chi connectivity index (χ2v) is 4.07. The number of nitro groups is 1. The molecule has 0 atom stereocenters. The number of ether oxygens (including phenoxy) is 1. The van der Waals surface area contributed by atoms with Crippen LogP contribution in [0.2, 0.25) is 0 Å². The molecule has 0 aliphatic rings. The zero-order chi connectivity index (χ0) is 14.5. The van der Waals surface area contributed by atoms with Gasteiger partial charge in [-0.05, 0) is 19.1 Å². The van der Waals surface area contributed by atoms with Crippen LogP contribution in [-0.2, 0) is 13.6 Å². The van der Waals surface area contributed by atoms with Crippen LogP contribution in [0.5, 0.6) is 5.75 Å². The van der Waals surface area contributed by atoms with Crippen LogP contribution in [0, 0.1) is 10.1 Å². The van der Waals surface area contributed by atoms with Gasteiger partial charge < -0.3 is 10.1 Å². The van der Waals surface area contributed by atoms with Crippen LogP contribution in [0.4, 0.5) is 11.4 Å². The second-order valence-electron chi connectivity index (χ2n) is 4.07. The number of nitrogens with one attached hydrogen (secondary N) is 1. The van der Waals surface area contributed by atoms with Gasteiger partial charge in [-0.2, -0.15) is 0 Å². The zero-order valence-electron chi connectivity index (χ0n) is 11.2. The Bertz CT molecular complexity index is 611. The maximum Gasteiger partial charge on any atom is 0.296 e. The topological polar surface area (TPSA) is 95.1 Å². The molecule has 0 amide bonds. The summed E-state index contributed by atoms with van der Waals surface area (Å²) in [5.74, 6) is 0.479. The first-order chi connectivity index (χ1) is 9.61. The van der Waals surface area contributed by atoms with Gasteiger partial charge in [0.05, 0.1) is 36.0 Å². The van der Waals surface area contributed by atoms with Crippen molar-refractivity contribution < 1.29 is 9.66 Å². The first kappa shape index (κ1) is 13.8. The van der Waals surface area contributed by atoms with E-state index in [2.05, 4.69) is 15.6 Å². The Hall–Kier alpha value is -2.64. The van der Waals surface area contributed by atoms with Gasteiger partial charge >= 0.3 is 0 Å². The molecule has 0 saturated carbocycles. The minimum Gasteiger partial charge on any atom is -0.494 e. The van der Waals surface area contributed by atoms with E-state index in [-0.39, 0.29) is 5.69 Å². The highest BCUT2D eigenvalue weighted by molar-refractivity contribution is 5.63. The van der Waals surface area contributed by atoms with Crippen LogP contribution in [0.25, 0.3) is 0 Å². The highest BCUT2D eigenvalue weighted by Crippen LogP contribution is 2.29. The monoisotopic (exact) mass is 277 g/mol. The Balaban J connectivity index is 2.18. The Morgan fingerprint density at radius 3 is 2.90 bits per heavy atom. The summed E-state index contributed by atoms with van der Waals surface area (Å²) < 4.78 is 6.87. The summed E-state index contributed by atoms with van der Waals surface area (Å²) in [6.07, 6.45) is 1.60. The largest absolute Gasteiger partial charge is 0.494 e. The van der Waals surface area contributed by atoms with Gasteiger partial charge in [0.1, 0.15) is 11.4 Å². The molecule has 8 nitrogen and oxygen atoms in total. The van der Waals surface area contributed by atoms with Crippen molar-refractivity contribution in [2.75, 3.05) is 11.9 Å². The highest BCUT2D eigenvalue weighted by Gasteiger charge is 2.15. The number of hydrogen-bond donors (Lipinski definition) is 1. The molecule has 0 radical (unpaired) electrons. The number of anilines is 1. The molecule has 0 aliphatic carbocycles. The van der Waals surface area contributed by atoms with Gasteiger partial charge in [-0.15, -0.1) is 5.10 Å². The molecule has 2 rings (SSSR count). The molecule has 0 saturated heterocycles. The SMILES string of the molecule is CCOc1ccc(NCc2cnnn2C)c([N+](=O)[O-])c1. The van der Waals surface area contributed by atoms with Gasteiger partial charge in [-0.1, -0.05) is 5.21 Å². The normalized spacial score (nSPS) is 10.3. The molecule has 1 N–H and O–H groups in total. The van der Waals surface area contributed by atoms with E-state index in [4.69, 9.17) is 4.74 Å². The van der Waals surface area contributed by atoms with E-state index in [1.54, 1.807) is 30.1 Å². The summed E-state index contributed by atoms with van der Waals surface area (Å²) >= 11 is 0. The van der Waals surface area contributed by atoms with Crippen LogP contribution in [0.3, 0.4) is 0 Å². The molecular formula is C12H15N5O3. The number of benzene rings is 1. The summed E-state index contributed by atoms with van der Waals surface area (Å²) in [4.78, 5) is 10.6. The van der Waals surface area contributed by atoms with Gasteiger partial charge in [-0.25, -0.2) is 0 Å². The first-order valence-corrected chi connectivity index (χ1v) is 6.10. The van der Waals surface area contributed by atoms with E-state index < -0.39 is 4.92 Å². The summed E-state index contributed by atoms with van der Waals surface area (Å²) in [5.41, 5.74) is 1.24. The number of nitrogens with zero attached hydrogens (tertiary/aromatic N) is 4. The van der Waals surface area contributed by atoms with Gasteiger partial charge in [0.2, 0.25) is 0 Å². The molecule has 0 bridgehead atoms. The van der Waals surface area contributed by atoms with Crippen molar-refractivity contribution in [1.82, 2.24) is 15.0 Å². The molecule has 0 fully saturated rings. The Morgan fingerprint density at radius 1 is 1.50 bits per heavy atom. The van der Waals surface area contributed by atoms with Gasteiger partial charge in [-0.3, -0.25) is 14.8 Å². The lowest BCUT2D eigenvalue weighted by Crippen LogP contribution is -2.07. The fourth-order valence-electron chi connectivity index (χ4n) is 1.73. The van der Waals surface area contributed by atoms with Gasteiger partial charge in [0.25, 0.3) is 5.69 Å². The fourth-order valence-corrected chi connectivity index (χ4v) is 1.73. The van der Waals surface area contributed by atoms with Crippen LogP contribution in [0.15, 0.2) is 24.4 Å². The smallest absolute Gasteiger partial charge is 0.296 e. The zero-order valence-corrected chi connectivity index (χ0v) is 11.2. The van der Waals surface area contributed by atoms with Crippen molar-refractivity contribution in [3.63, 3.8) is 0 Å². The average Bonchev–Trinajstić information content (AvgIpc) is 2.83. The Kier molecular flexibility index (Phi) is 4.14. The van der Waals surface area contributed by atoms with Crippen LogP contribution >= 0.6 is 0 Å². The van der Waals surface area contributed by atoms with Crippen molar-refractivity contribution >= 4 is 11.4 Å². The van der Waals surface area contributed by atoms with E-state index >= 15 is 0 Å². The molecule has 0 aliphatic heterocycles. The number of aryl methyl sites for hydroxylation is 1. The van der Waals surface area contributed by atoms with Crippen molar-refractivity contribution in [1.29, 1.82) is 0 Å². The summed E-state index contributed by atoms with van der Waals surface area (Å²) in [7, 11) is 1.76. The van der Waals surface area contributed by atoms with E-state index in [1.807, 2.05) is 6.92 Å². The average molecular weight is 277 g/mol. The Morgan fingerprint density at radius 2 is 2.30 bits per heavy atom. The van der Waals surface area contributed by atoms with Crippen LogP contribution in [-0.4, -0.2) is 26.5 Å². The van der Waals surface area contributed by atoms with Crippen molar-refractivity contribution in [2.24, 2.45) is 7.05 Å². The summed E-state index contributed by atoms with van der Waals surface area (Å²) in [5, 5.41) is 21.6. The van der Waals surface area contributed by atoms with E-state index in [1.165, 1.54) is 6.07 Å². The summed E-state index contributed by atoms with van der Waals surface area (Å²) in [6.45, 7) is 2.69. The lowest BCUT2D eigenvalue weighted by atomic mass is 10.2. The second kappa shape index (κ2) is 6.00. The van der Waals surface area contributed by atoms with Crippen LogP contribution in [0.1, 0.15) is 12.6 Å². The van der Waals surface area contributed by atoms with E-state index in [0.29, 0.717) is 24.6 Å². The number of rotatable bonds is 6. The first-order valence-electron chi connectivity index (χ1n) is 6.10. The molecule has 1 aromatic heterocycles. The number of nitro benzene ring substituents is 1. The molecule has 8 heteroatoms. The van der Waals surface area contributed by atoms with Gasteiger partial charge in [0, 0.05) is 7.05 Å². The van der Waals surface area contributed by atoms with Gasteiger partial charge in [0.15, 0.2) is 0 Å². The maximum atomic E-state index is 11.1. The summed E-state index contributed by atoms with van der Waals surface area (Å²) in [6, 6.07) is 4.74. The highest BCUT2D eigenvalue weighted by atomic mass is 16.6. The van der Waals surface area contributed by atoms with E-state index in [0.717, 1.165) is 5.69 Å². The molecule has 2 aromatic rings. The third-order valence-corrected chi connectivity index (χ3v) is 2.75. The predicted octanol–water partition coefficient (Wildman–Crippen LogP) is 1.73. The van der Waals surface area contributed by atoms with Crippen molar-refractivity contribution in [3.05, 3.63) is 40.2 Å². The van der Waals surface area contributed by atoms with Crippen molar-refractivity contribution in [2.45, 2.75) is 13.5 Å². The standard InChI is InChI=1S/C12H15N5O3/c1-3-20-10-4-5-11(12(6-10)17(18)19)13-7-9-8-14-15-16(9)2/h4-6,8,13H,3,7H2,1-2H3. The Labute approximate surface area is 115 Å². The quantitative estimate of drug-likeness (QED) is 0.638. The molecule has 20 heavy (non-hydrogen) atoms. The van der Waals surface area contributed by atoms with Crippen molar-refractivity contribution in [3.8, 4) is 5.75 Å². The van der Waals surface area contributed by atoms with E-state index in [9.17, 15) is 10.1 Å². The molecular weight excluding hydrogens is 262 g/mol. The molecule has 0 spiro atoms. The fraction of sp³-hybridized carbons (Fsp3) is 0.333. The minimum atomic E-state index is -0.438. The number of aromatic nitrogens is 3. The minimum absolute atomic E-state index is 0.0222.